The number of Topliss-reactive ketones (excluding diaryl/α,β-unsaturated/α-hetero) is 3. The third-order valence-corrected chi connectivity index (χ3v) is 27.7. The molecule has 132 heavy (non-hydrogen) atoms. The first kappa shape index (κ1) is 93.1. The van der Waals surface area contributed by atoms with Crippen LogP contribution < -0.4 is 26.2 Å². The van der Waals surface area contributed by atoms with E-state index in [4.69, 9.17) is 55.0 Å². The maximum atomic E-state index is 14.7. The molecule has 2 bridgehead atoms. The van der Waals surface area contributed by atoms with Gasteiger partial charge in [0.25, 0.3) is 23.7 Å². The van der Waals surface area contributed by atoms with Crippen LogP contribution in [0.25, 0.3) is 16.6 Å². The second kappa shape index (κ2) is 41.7. The second-order valence-corrected chi connectivity index (χ2v) is 37.0. The molecule has 10 aliphatic rings. The zero-order valence-electron chi connectivity index (χ0n) is 76.5. The van der Waals surface area contributed by atoms with Crippen molar-refractivity contribution in [2.24, 2.45) is 45.3 Å². The van der Waals surface area contributed by atoms with Gasteiger partial charge in [0.15, 0.2) is 5.65 Å². The summed E-state index contributed by atoms with van der Waals surface area (Å²) in [5, 5.41) is 16.9. The van der Waals surface area contributed by atoms with Gasteiger partial charge in [-0.1, -0.05) is 82.4 Å². The number of aliphatic hydroxyl groups excluding tert-OH is 1. The molecule has 6 aromatic rings. The van der Waals surface area contributed by atoms with E-state index in [2.05, 4.69) is 61.8 Å². The topological polar surface area (TPSA) is 433 Å². The second-order valence-electron chi connectivity index (χ2n) is 37.0. The van der Waals surface area contributed by atoms with Gasteiger partial charge in [-0.15, -0.1) is 0 Å². The summed E-state index contributed by atoms with van der Waals surface area (Å²) in [7, 11) is 3.23. The highest BCUT2D eigenvalue weighted by molar-refractivity contribution is 6.38. The lowest BCUT2D eigenvalue weighted by atomic mass is 9.81. The Morgan fingerprint density at radius 2 is 1.34 bits per heavy atom. The fourth-order valence-electron chi connectivity index (χ4n) is 19.7. The summed E-state index contributed by atoms with van der Waals surface area (Å²) >= 11 is 0. The number of ether oxygens (including phenoxy) is 6. The van der Waals surface area contributed by atoms with Crippen LogP contribution in [0.3, 0.4) is 0 Å². The maximum Gasteiger partial charge on any atom is 0.410 e. The number of piperazine rings is 2. The molecule has 1 aliphatic carbocycles. The number of allylic oxidation sites excluding steroid dienone is 7. The molecule has 4 amide bonds. The molecule has 0 spiro atoms. The molecule has 5 aromatic heterocycles. The molecule has 16 rings (SSSR count). The number of carbonyl (C=O) groups is 8. The number of nitrogen functional groups attached to an aromatic ring is 1. The van der Waals surface area contributed by atoms with Crippen molar-refractivity contribution >= 4 is 99.6 Å². The molecule has 15 atom stereocenters. The Morgan fingerprint density at radius 3 is 2.08 bits per heavy atom. The number of carbonyl (C=O) groups excluding carboxylic acids is 8. The molecule has 14 heterocycles. The largest absolute Gasteiger partial charge is 0.460 e. The summed E-state index contributed by atoms with van der Waals surface area (Å²) in [6.07, 6.45) is 26.1. The van der Waals surface area contributed by atoms with Crippen LogP contribution in [0.15, 0.2) is 119 Å². The van der Waals surface area contributed by atoms with E-state index in [0.717, 1.165) is 33.5 Å². The Kier molecular flexibility index (Phi) is 29.4. The molecule has 5 N–H and O–H groups in total. The van der Waals surface area contributed by atoms with E-state index in [1.165, 1.54) is 11.2 Å². The molecule has 1 aromatic carbocycles. The third-order valence-electron chi connectivity index (χ3n) is 27.7. The molecule has 36 nitrogen and oxygen atoms in total. The van der Waals surface area contributed by atoms with Crippen LogP contribution in [0.1, 0.15) is 186 Å². The number of rotatable bonds is 14. The van der Waals surface area contributed by atoms with Crippen LogP contribution in [0.2, 0.25) is 0 Å². The fraction of sp³-hybridized carbons (Fsp3) is 0.552. The number of anilines is 4. The number of aliphatic hydroxyl groups is 1. The maximum absolute atomic E-state index is 14.7. The number of aliphatic imine (C=N–C) groups is 2. The molecule has 4 unspecified atom stereocenters. The number of hydrogen-bond acceptors (Lipinski definition) is 31. The van der Waals surface area contributed by atoms with Gasteiger partial charge >= 0.3 is 12.1 Å². The lowest BCUT2D eigenvalue weighted by Gasteiger charge is -2.38. The number of amidine groups is 1. The predicted octanol–water partition coefficient (Wildman–Crippen LogP) is 8.33. The number of nitrogens with two attached hydrogens (primary N) is 2. The van der Waals surface area contributed by atoms with E-state index < -0.39 is 72.5 Å². The van der Waals surface area contributed by atoms with E-state index >= 15 is 0 Å². The lowest BCUT2D eigenvalue weighted by molar-refractivity contribution is -0.169. The average molecular weight is 1810 g/mol. The van der Waals surface area contributed by atoms with Gasteiger partial charge in [0, 0.05) is 179 Å². The summed E-state index contributed by atoms with van der Waals surface area (Å²) < 4.78 is 38.4. The smallest absolute Gasteiger partial charge is 0.410 e. The summed E-state index contributed by atoms with van der Waals surface area (Å²) in [6.45, 7) is 17.6. The molecular formula is C96H121N21O15. The van der Waals surface area contributed by atoms with Gasteiger partial charge in [-0.05, 0) is 143 Å². The Bertz CT molecular complexity index is 5490. The number of methoxy groups -OCH3 is 2. The monoisotopic (exact) mass is 1810 g/mol. The van der Waals surface area contributed by atoms with E-state index in [1.807, 2.05) is 84.7 Å². The summed E-state index contributed by atoms with van der Waals surface area (Å²) in [5.74, 6) is -2.18. The molecule has 36 heteroatoms. The number of aromatic nitrogens is 10. The normalized spacial score (nSPS) is 28.2. The van der Waals surface area contributed by atoms with Gasteiger partial charge in [0.2, 0.25) is 29.9 Å². The van der Waals surface area contributed by atoms with Gasteiger partial charge in [0.1, 0.15) is 59.8 Å². The van der Waals surface area contributed by atoms with Crippen LogP contribution in [-0.4, -0.2) is 281 Å². The van der Waals surface area contributed by atoms with Gasteiger partial charge in [0.05, 0.1) is 59.7 Å². The fourth-order valence-corrected chi connectivity index (χ4v) is 19.7. The lowest BCUT2D eigenvalue weighted by Crippen LogP contribution is -2.55. The summed E-state index contributed by atoms with van der Waals surface area (Å²) in [5.41, 5.74) is 21.2. The van der Waals surface area contributed by atoms with E-state index in [-0.39, 0.29) is 110 Å². The highest BCUT2D eigenvalue weighted by Gasteiger charge is 2.45. The Labute approximate surface area is 767 Å². The third kappa shape index (κ3) is 21.6. The molecule has 5 fully saturated rings. The van der Waals surface area contributed by atoms with E-state index in [9.17, 15) is 43.5 Å². The molecule has 9 aliphatic heterocycles. The van der Waals surface area contributed by atoms with Gasteiger partial charge in [-0.25, -0.2) is 64.1 Å². The van der Waals surface area contributed by atoms with Crippen LogP contribution in [0.4, 0.5) is 28.5 Å². The van der Waals surface area contributed by atoms with Crippen molar-refractivity contribution in [2.45, 2.75) is 225 Å². The van der Waals surface area contributed by atoms with Gasteiger partial charge in [-0.2, -0.15) is 5.10 Å². The number of dihydropyridines is 1. The summed E-state index contributed by atoms with van der Waals surface area (Å²) in [6, 6.07) is 4.88. The SMILES string of the molecule is CO[C@H]1CC2CC[C@@H](C)C(O2)C(=O)C(=O)N2CCCC[C@H]2C(=O)O[C@H](CC[C@@H]2CC[C@@H](OC(=O)N3CCc4nc(N5CCN(c6ncc(C(=O)N7CCN(c8ncc(C(=O)N9CCc%10cc(Cn%11nc(C%12=CC%13N=C(N)OC%13N=C%12)c%12c(N)ncnc%12%11)ccc%10C9)cn8)CC7)cn6)CC5)ncc4C3)[C@H](OC)C2)CC(=O)[C@H](C)/C=C(\C)[C@@H](O)CC(=O)[C@H](C)C[C@H](C)/C=C/C=CC=C1C. The van der Waals surface area contributed by atoms with Crippen molar-refractivity contribution in [3.05, 3.63) is 154 Å². The minimum Gasteiger partial charge on any atom is -0.460 e. The number of esters is 1. The highest BCUT2D eigenvalue weighted by atomic mass is 16.6. The first-order valence-electron chi connectivity index (χ1n) is 46.6. The number of nitrogens with zero attached hydrogens (tertiary/aromatic N) is 19. The van der Waals surface area contributed by atoms with Crippen LogP contribution in [0.5, 0.6) is 0 Å². The quantitative estimate of drug-likeness (QED) is 0.0524. The Morgan fingerprint density at radius 1 is 0.636 bits per heavy atom. The first-order valence-corrected chi connectivity index (χ1v) is 46.6. The number of ketones is 3. The minimum absolute atomic E-state index is 0.0277. The zero-order chi connectivity index (χ0) is 92.5. The standard InChI is InChI=1S/C96H121N21O15/c1-56-14-10-9-11-15-57(2)79(127-7)44-71-22-17-58(3)84(129-71)83(121)90(124)116-27-13-12-16-74(116)91(125)130-70(43-75(118)60(5)39-61(6)77(120)45-76(119)59(4)38-56)23-19-62-20-24-78(80(41-62)128-8)131-96(126)115-29-26-72-69(54-115)51-104-95(108-72)113-36-34-112(35-37-113)94-100-47-67(48-101-94)88(122)110-30-32-111(33-31-110)93-102-49-68(50-103-93)89(123)114-28-25-64-40-63(18-21-65(64)53-114)52-117-86-81(85(97)105-55-106-86)82(109-117)66-42-73-87(99-46-66)132-92(98)107-73/h9-11,14-15,18,21,39-40,42,46-51,55-56,58-60,62,70-71,73-74,77-80,84,87,120H,12-13,16-17,19-20,22-38,41,43-45,52-54H2,1-8H3,(H2,98,107)(H2,97,105,106)/b11-9?,14-10+,57-15?,61-39+/t56-,58-,59-,60-,62-,70-,71?,73?,74+,77+,78-,79+,80-,84?,87?/m1/s1. The van der Waals surface area contributed by atoms with Crippen molar-refractivity contribution in [3.63, 3.8) is 0 Å². The zero-order valence-corrected chi connectivity index (χ0v) is 76.5. The first-order chi connectivity index (χ1) is 63.8. The van der Waals surface area contributed by atoms with Crippen molar-refractivity contribution < 1.29 is 71.9 Å². The number of piperidine rings is 1. The summed E-state index contributed by atoms with van der Waals surface area (Å²) in [4.78, 5) is 172. The van der Waals surface area contributed by atoms with E-state index in [0.29, 0.717) is 218 Å². The van der Waals surface area contributed by atoms with Crippen molar-refractivity contribution in [2.75, 3.05) is 107 Å². The number of fused-ring (bicyclic) bond motifs is 7. The Balaban J connectivity index is 0.475. The minimum atomic E-state index is -1.11. The average Bonchev–Trinajstić information content (AvgIpc) is 1.58. The molecule has 4 saturated heterocycles. The van der Waals surface area contributed by atoms with Crippen LogP contribution in [-0.2, 0) is 84.9 Å². The van der Waals surface area contributed by atoms with Crippen LogP contribution in [0, 0.1) is 29.6 Å². The van der Waals surface area contributed by atoms with E-state index in [1.54, 1.807) is 81.1 Å². The molecule has 1 saturated carbocycles. The van der Waals surface area contributed by atoms with Crippen LogP contribution >= 0.6 is 0 Å². The number of hydrogen-bond donors (Lipinski definition) is 3. The highest BCUT2D eigenvalue weighted by Crippen LogP contribution is 2.38. The molecule has 700 valence electrons. The number of benzene rings is 1. The van der Waals surface area contributed by atoms with Crippen molar-refractivity contribution in [1.82, 2.24) is 69.3 Å². The van der Waals surface area contributed by atoms with Gasteiger partial charge in [-0.3, -0.25) is 28.8 Å². The number of amides is 4. The van der Waals surface area contributed by atoms with Crippen molar-refractivity contribution in [3.8, 4) is 0 Å². The Hall–Kier alpha value is -12.2. The number of cyclic esters (lactones) is 1. The van der Waals surface area contributed by atoms with Crippen molar-refractivity contribution in [1.29, 1.82) is 0 Å². The molecule has 0 radical (unpaired) electrons. The molecular weight excluding hydrogens is 1690 g/mol. The van der Waals surface area contributed by atoms with Gasteiger partial charge < -0.3 is 79.3 Å². The predicted molar refractivity (Wildman–Crippen MR) is 491 cm³/mol.